The molecular formula is C11H17NO3S2. The zero-order valence-electron chi connectivity index (χ0n) is 10.2. The molecule has 1 unspecified atom stereocenters. The maximum atomic E-state index is 11.2. The number of thiazole rings is 1. The van der Waals surface area contributed by atoms with Gasteiger partial charge in [-0.15, -0.1) is 11.3 Å². The molecule has 0 spiro atoms. The minimum Gasteiger partial charge on any atom is -0.387 e. The molecule has 1 aromatic heterocycles. The average Bonchev–Trinajstić information content (AvgIpc) is 2.41. The Morgan fingerprint density at radius 1 is 1.53 bits per heavy atom. The van der Waals surface area contributed by atoms with Gasteiger partial charge >= 0.3 is 0 Å². The lowest BCUT2D eigenvalue weighted by Gasteiger charge is -2.31. The molecule has 6 heteroatoms. The van der Waals surface area contributed by atoms with Crippen LogP contribution in [0.5, 0.6) is 0 Å². The molecule has 0 saturated heterocycles. The number of aromatic nitrogens is 1. The number of aliphatic hydroxyl groups is 1. The number of hydrogen-bond acceptors (Lipinski definition) is 5. The molecular weight excluding hydrogens is 258 g/mol. The molecule has 0 fully saturated rings. The number of rotatable bonds is 2. The van der Waals surface area contributed by atoms with Crippen LogP contribution in [0.1, 0.15) is 42.0 Å². The lowest BCUT2D eigenvalue weighted by Crippen LogP contribution is -2.24. The molecule has 17 heavy (non-hydrogen) atoms. The topological polar surface area (TPSA) is 67.3 Å². The van der Waals surface area contributed by atoms with Gasteiger partial charge in [0.2, 0.25) is 0 Å². The Balaban J connectivity index is 2.33. The van der Waals surface area contributed by atoms with E-state index in [1.54, 1.807) is 0 Å². The second-order valence-corrected chi connectivity index (χ2v) is 8.80. The molecule has 0 amide bonds. The van der Waals surface area contributed by atoms with Crippen molar-refractivity contribution in [1.82, 2.24) is 4.98 Å². The van der Waals surface area contributed by atoms with Crippen LogP contribution in [0.2, 0.25) is 0 Å². The third-order valence-electron chi connectivity index (χ3n) is 2.85. The highest BCUT2D eigenvalue weighted by atomic mass is 32.2. The fourth-order valence-electron chi connectivity index (χ4n) is 2.23. The van der Waals surface area contributed by atoms with E-state index in [0.29, 0.717) is 11.4 Å². The molecule has 1 aromatic rings. The summed E-state index contributed by atoms with van der Waals surface area (Å²) in [6.07, 6.45) is 2.22. The van der Waals surface area contributed by atoms with Crippen molar-refractivity contribution < 1.29 is 13.5 Å². The molecule has 1 atom stereocenters. The first-order valence-corrected chi connectivity index (χ1v) is 8.38. The summed E-state index contributed by atoms with van der Waals surface area (Å²) in [5.74, 6) is -0.0299. The first-order chi connectivity index (χ1) is 7.66. The molecule has 0 bridgehead atoms. The van der Waals surface area contributed by atoms with Gasteiger partial charge in [-0.05, 0) is 18.3 Å². The zero-order valence-corrected chi connectivity index (χ0v) is 11.9. The van der Waals surface area contributed by atoms with Crippen LogP contribution in [-0.2, 0) is 22.0 Å². The minimum absolute atomic E-state index is 0.0299. The molecule has 4 nitrogen and oxygen atoms in total. The smallest absolute Gasteiger partial charge is 0.153 e. The fraction of sp³-hybridized carbons (Fsp3) is 0.727. The second-order valence-electron chi connectivity index (χ2n) is 5.55. The number of nitrogens with zero attached hydrogens (tertiary/aromatic N) is 1. The van der Waals surface area contributed by atoms with Crippen molar-refractivity contribution in [2.75, 3.05) is 6.26 Å². The van der Waals surface area contributed by atoms with Crippen LogP contribution in [0.3, 0.4) is 0 Å². The predicted octanol–water partition coefficient (Wildman–Crippen LogP) is 1.69. The van der Waals surface area contributed by atoms with Crippen LogP contribution in [-0.4, -0.2) is 24.8 Å². The van der Waals surface area contributed by atoms with Gasteiger partial charge in [0.05, 0.1) is 16.7 Å². The molecule has 0 radical (unpaired) electrons. The van der Waals surface area contributed by atoms with E-state index in [-0.39, 0.29) is 11.2 Å². The molecule has 1 heterocycles. The summed E-state index contributed by atoms with van der Waals surface area (Å²) in [6, 6.07) is 0. The van der Waals surface area contributed by atoms with Gasteiger partial charge in [-0.2, -0.15) is 0 Å². The second kappa shape index (κ2) is 4.03. The van der Waals surface area contributed by atoms with Crippen molar-refractivity contribution in [1.29, 1.82) is 0 Å². The summed E-state index contributed by atoms with van der Waals surface area (Å²) in [5.41, 5.74) is 0.903. The molecule has 1 N–H and O–H groups in total. The lowest BCUT2D eigenvalue weighted by atomic mass is 9.77. The molecule has 0 aliphatic heterocycles. The van der Waals surface area contributed by atoms with E-state index < -0.39 is 15.9 Å². The highest BCUT2D eigenvalue weighted by molar-refractivity contribution is 7.90. The quantitative estimate of drug-likeness (QED) is 0.892. The third kappa shape index (κ3) is 3.05. The summed E-state index contributed by atoms with van der Waals surface area (Å²) < 4.78 is 22.5. The first kappa shape index (κ1) is 13.0. The van der Waals surface area contributed by atoms with Crippen molar-refractivity contribution in [3.05, 3.63) is 15.6 Å². The predicted molar refractivity (Wildman–Crippen MR) is 67.7 cm³/mol. The van der Waals surface area contributed by atoms with Crippen molar-refractivity contribution in [3.63, 3.8) is 0 Å². The highest BCUT2D eigenvalue weighted by Gasteiger charge is 2.34. The molecule has 1 aliphatic carbocycles. The Bertz CT molecular complexity index is 531. The van der Waals surface area contributed by atoms with E-state index in [0.717, 1.165) is 17.0 Å². The standard InChI is InChI=1S/C11H17NO3S2/c1-11(2)4-7-10(8(13)5-11)16-9(12-7)6-17(3,14)15/h8,13H,4-6H2,1-3H3. The summed E-state index contributed by atoms with van der Waals surface area (Å²) in [5, 5.41) is 10.6. The van der Waals surface area contributed by atoms with E-state index in [1.165, 1.54) is 17.6 Å². The monoisotopic (exact) mass is 275 g/mol. The van der Waals surface area contributed by atoms with Crippen molar-refractivity contribution in [3.8, 4) is 0 Å². The van der Waals surface area contributed by atoms with Gasteiger partial charge in [-0.3, -0.25) is 0 Å². The number of fused-ring (bicyclic) bond motifs is 1. The maximum Gasteiger partial charge on any atom is 0.153 e. The summed E-state index contributed by atoms with van der Waals surface area (Å²) >= 11 is 1.33. The van der Waals surface area contributed by atoms with Gasteiger partial charge in [-0.1, -0.05) is 13.8 Å². The molecule has 2 rings (SSSR count). The van der Waals surface area contributed by atoms with Crippen LogP contribution in [0.4, 0.5) is 0 Å². The van der Waals surface area contributed by atoms with Gasteiger partial charge in [0.15, 0.2) is 9.84 Å². The zero-order chi connectivity index (χ0) is 12.8. The van der Waals surface area contributed by atoms with Crippen LogP contribution in [0.25, 0.3) is 0 Å². The maximum absolute atomic E-state index is 11.2. The van der Waals surface area contributed by atoms with E-state index in [1.807, 2.05) is 0 Å². The Morgan fingerprint density at radius 3 is 2.76 bits per heavy atom. The van der Waals surface area contributed by atoms with E-state index in [2.05, 4.69) is 18.8 Å². The molecule has 1 aliphatic rings. The Labute approximate surface area is 106 Å². The van der Waals surface area contributed by atoms with Crippen LogP contribution in [0, 0.1) is 5.41 Å². The van der Waals surface area contributed by atoms with E-state index in [9.17, 15) is 13.5 Å². The van der Waals surface area contributed by atoms with Gasteiger partial charge in [0.1, 0.15) is 10.8 Å². The largest absolute Gasteiger partial charge is 0.387 e. The first-order valence-electron chi connectivity index (χ1n) is 5.51. The van der Waals surface area contributed by atoms with Gasteiger partial charge in [0, 0.05) is 6.26 Å². The third-order valence-corrected chi connectivity index (χ3v) is 5.03. The SMILES string of the molecule is CC1(C)Cc2nc(CS(C)(=O)=O)sc2C(O)C1. The van der Waals surface area contributed by atoms with Gasteiger partial charge in [0.25, 0.3) is 0 Å². The normalized spacial score (nSPS) is 23.4. The summed E-state index contributed by atoms with van der Waals surface area (Å²) in [7, 11) is -3.06. The highest BCUT2D eigenvalue weighted by Crippen LogP contribution is 2.43. The number of hydrogen-bond donors (Lipinski definition) is 1. The summed E-state index contributed by atoms with van der Waals surface area (Å²) in [6.45, 7) is 4.18. The van der Waals surface area contributed by atoms with Gasteiger partial charge in [-0.25, -0.2) is 13.4 Å². The van der Waals surface area contributed by atoms with Gasteiger partial charge < -0.3 is 5.11 Å². The lowest BCUT2D eigenvalue weighted by molar-refractivity contribution is 0.102. The fourth-order valence-corrected chi connectivity index (χ4v) is 4.48. The van der Waals surface area contributed by atoms with Crippen molar-refractivity contribution in [2.24, 2.45) is 5.41 Å². The van der Waals surface area contributed by atoms with Crippen molar-refractivity contribution >= 4 is 21.2 Å². The Kier molecular flexibility index (Phi) is 3.08. The Morgan fingerprint density at radius 2 is 2.18 bits per heavy atom. The number of aliphatic hydroxyl groups excluding tert-OH is 1. The number of sulfone groups is 1. The minimum atomic E-state index is -3.06. The van der Waals surface area contributed by atoms with E-state index in [4.69, 9.17) is 0 Å². The Hall–Kier alpha value is -0.460. The van der Waals surface area contributed by atoms with Crippen LogP contribution < -0.4 is 0 Å². The molecule has 96 valence electrons. The molecule has 0 aromatic carbocycles. The van der Waals surface area contributed by atoms with Crippen molar-refractivity contribution in [2.45, 2.75) is 38.5 Å². The van der Waals surface area contributed by atoms with Crippen LogP contribution >= 0.6 is 11.3 Å². The van der Waals surface area contributed by atoms with Crippen LogP contribution in [0.15, 0.2) is 0 Å². The molecule has 0 saturated carbocycles. The van der Waals surface area contributed by atoms with E-state index >= 15 is 0 Å². The summed E-state index contributed by atoms with van der Waals surface area (Å²) in [4.78, 5) is 5.21. The average molecular weight is 275 g/mol.